The van der Waals surface area contributed by atoms with Crippen LogP contribution in [0.3, 0.4) is 0 Å². The lowest BCUT2D eigenvalue weighted by Gasteiger charge is -2.24. The van der Waals surface area contributed by atoms with Gasteiger partial charge >= 0.3 is 5.97 Å². The van der Waals surface area contributed by atoms with E-state index >= 15 is 0 Å². The van der Waals surface area contributed by atoms with Gasteiger partial charge in [0, 0.05) is 5.02 Å². The molecular weight excluding hydrogens is 382 g/mol. The number of carboxylic acid groups (broad SMARTS) is 1. The summed E-state index contributed by atoms with van der Waals surface area (Å²) in [6.07, 6.45) is 0. The maximum Gasteiger partial charge on any atom is 0.324 e. The molecule has 0 unspecified atom stereocenters. The number of anilines is 1. The van der Waals surface area contributed by atoms with E-state index in [4.69, 9.17) is 21.1 Å². The van der Waals surface area contributed by atoms with E-state index < -0.39 is 22.5 Å². The van der Waals surface area contributed by atoms with Gasteiger partial charge in [0.2, 0.25) is 0 Å². The average molecular weight is 400 g/mol. The van der Waals surface area contributed by atoms with E-state index in [9.17, 15) is 18.3 Å². The molecule has 0 saturated heterocycles. The molecule has 0 atom stereocenters. The van der Waals surface area contributed by atoms with Crippen LogP contribution in [0.25, 0.3) is 0 Å². The molecular formula is C17H18ClNO6S. The van der Waals surface area contributed by atoms with E-state index in [1.54, 1.807) is 0 Å². The predicted octanol–water partition coefficient (Wildman–Crippen LogP) is 3.03. The highest BCUT2D eigenvalue weighted by Crippen LogP contribution is 2.35. The third-order valence-corrected chi connectivity index (χ3v) is 5.42. The Morgan fingerprint density at radius 3 is 2.38 bits per heavy atom. The minimum Gasteiger partial charge on any atom is -0.495 e. The second kappa shape index (κ2) is 8.29. The van der Waals surface area contributed by atoms with Gasteiger partial charge in [-0.05, 0) is 49.4 Å². The fraction of sp³-hybridized carbons (Fsp3) is 0.235. The van der Waals surface area contributed by atoms with E-state index in [2.05, 4.69) is 0 Å². The lowest BCUT2D eigenvalue weighted by molar-refractivity contribution is -0.135. The molecule has 0 aliphatic carbocycles. The summed E-state index contributed by atoms with van der Waals surface area (Å²) in [5, 5.41) is 9.45. The monoisotopic (exact) mass is 399 g/mol. The summed E-state index contributed by atoms with van der Waals surface area (Å²) >= 11 is 5.97. The quantitative estimate of drug-likeness (QED) is 0.733. The van der Waals surface area contributed by atoms with Crippen molar-refractivity contribution in [1.82, 2.24) is 0 Å². The van der Waals surface area contributed by atoms with E-state index in [0.29, 0.717) is 12.4 Å². The summed E-state index contributed by atoms with van der Waals surface area (Å²) in [6.45, 7) is 1.47. The standard InChI is InChI=1S/C17H18ClNO6S/c1-3-25-13-5-7-14(8-6-13)26(22,23)19(11-17(20)21)15-10-12(18)4-9-16(15)24-2/h4-10H,3,11H2,1-2H3,(H,20,21). The van der Waals surface area contributed by atoms with Gasteiger partial charge in [0.05, 0.1) is 24.3 Å². The molecule has 0 bridgehead atoms. The van der Waals surface area contributed by atoms with Crippen LogP contribution < -0.4 is 13.8 Å². The number of methoxy groups -OCH3 is 1. The number of ether oxygens (including phenoxy) is 2. The second-order valence-corrected chi connectivity index (χ2v) is 7.42. The van der Waals surface area contributed by atoms with Gasteiger partial charge in [0.15, 0.2) is 0 Å². The van der Waals surface area contributed by atoms with Crippen molar-refractivity contribution in [2.24, 2.45) is 0 Å². The van der Waals surface area contributed by atoms with E-state index in [-0.39, 0.29) is 21.4 Å². The predicted molar refractivity (Wildman–Crippen MR) is 97.8 cm³/mol. The molecule has 9 heteroatoms. The van der Waals surface area contributed by atoms with Crippen molar-refractivity contribution in [2.75, 3.05) is 24.6 Å². The first-order chi connectivity index (χ1) is 12.3. The zero-order chi connectivity index (χ0) is 19.3. The zero-order valence-electron chi connectivity index (χ0n) is 14.2. The molecule has 1 N–H and O–H groups in total. The largest absolute Gasteiger partial charge is 0.495 e. The molecule has 2 aromatic carbocycles. The second-order valence-electron chi connectivity index (χ2n) is 5.13. The first kappa shape index (κ1) is 19.9. The highest BCUT2D eigenvalue weighted by molar-refractivity contribution is 7.92. The van der Waals surface area contributed by atoms with Crippen molar-refractivity contribution in [2.45, 2.75) is 11.8 Å². The highest BCUT2D eigenvalue weighted by atomic mass is 35.5. The summed E-state index contributed by atoms with van der Waals surface area (Å²) < 4.78 is 37.3. The maximum atomic E-state index is 13.0. The Morgan fingerprint density at radius 1 is 1.19 bits per heavy atom. The van der Waals surface area contributed by atoms with Crippen molar-refractivity contribution >= 4 is 33.3 Å². The normalized spacial score (nSPS) is 11.0. The Morgan fingerprint density at radius 2 is 1.85 bits per heavy atom. The van der Waals surface area contributed by atoms with Crippen molar-refractivity contribution in [1.29, 1.82) is 0 Å². The van der Waals surface area contributed by atoms with Gasteiger partial charge in [-0.25, -0.2) is 8.42 Å². The molecule has 0 saturated carbocycles. The molecule has 2 aromatic rings. The Hall–Kier alpha value is -2.45. The fourth-order valence-electron chi connectivity index (χ4n) is 2.28. The molecule has 26 heavy (non-hydrogen) atoms. The number of carbonyl (C=O) groups is 1. The summed E-state index contributed by atoms with van der Waals surface area (Å²) in [5.74, 6) is -0.622. The van der Waals surface area contributed by atoms with Crippen LogP contribution in [0.5, 0.6) is 11.5 Å². The molecule has 0 fully saturated rings. The number of halogens is 1. The number of benzene rings is 2. The molecule has 0 amide bonds. The lowest BCUT2D eigenvalue weighted by Crippen LogP contribution is -2.36. The Balaban J connectivity index is 2.55. The van der Waals surface area contributed by atoms with Crippen molar-refractivity contribution in [3.8, 4) is 11.5 Å². The van der Waals surface area contributed by atoms with Crippen LogP contribution in [0.15, 0.2) is 47.4 Å². The van der Waals surface area contributed by atoms with Crippen LogP contribution in [0.4, 0.5) is 5.69 Å². The van der Waals surface area contributed by atoms with Gasteiger partial charge in [0.1, 0.15) is 18.0 Å². The van der Waals surface area contributed by atoms with Gasteiger partial charge in [-0.1, -0.05) is 11.6 Å². The van der Waals surface area contributed by atoms with E-state index in [1.165, 1.54) is 49.6 Å². The molecule has 0 heterocycles. The molecule has 0 aromatic heterocycles. The molecule has 7 nitrogen and oxygen atoms in total. The molecule has 0 aliphatic heterocycles. The maximum absolute atomic E-state index is 13.0. The van der Waals surface area contributed by atoms with Crippen LogP contribution in [0.2, 0.25) is 5.02 Å². The molecule has 0 aliphatic rings. The highest BCUT2D eigenvalue weighted by Gasteiger charge is 2.29. The van der Waals surface area contributed by atoms with Crippen LogP contribution >= 0.6 is 11.6 Å². The van der Waals surface area contributed by atoms with Crippen molar-refractivity contribution < 1.29 is 27.8 Å². The van der Waals surface area contributed by atoms with Gasteiger partial charge in [0.25, 0.3) is 10.0 Å². The molecule has 0 spiro atoms. The molecule has 0 radical (unpaired) electrons. The number of nitrogens with zero attached hydrogens (tertiary/aromatic N) is 1. The SMILES string of the molecule is CCOc1ccc(S(=O)(=O)N(CC(=O)O)c2cc(Cl)ccc2OC)cc1. The minimum absolute atomic E-state index is 0.0382. The molecule has 2 rings (SSSR count). The van der Waals surface area contributed by atoms with Gasteiger partial charge in [-0.2, -0.15) is 0 Å². The summed E-state index contributed by atoms with van der Waals surface area (Å²) in [7, 11) is -2.82. The first-order valence-electron chi connectivity index (χ1n) is 7.60. The summed E-state index contributed by atoms with van der Waals surface area (Å²) in [6, 6.07) is 10.1. The van der Waals surface area contributed by atoms with E-state index in [1.807, 2.05) is 6.92 Å². The van der Waals surface area contributed by atoms with Crippen LogP contribution in [0.1, 0.15) is 6.92 Å². The van der Waals surface area contributed by atoms with Crippen molar-refractivity contribution in [3.05, 3.63) is 47.5 Å². The van der Waals surface area contributed by atoms with Crippen molar-refractivity contribution in [3.63, 3.8) is 0 Å². The number of sulfonamides is 1. The van der Waals surface area contributed by atoms with Gasteiger partial charge in [-0.3, -0.25) is 9.10 Å². The summed E-state index contributed by atoms with van der Waals surface area (Å²) in [5.41, 5.74) is 0.0382. The van der Waals surface area contributed by atoms with E-state index in [0.717, 1.165) is 4.31 Å². The number of hydrogen-bond donors (Lipinski definition) is 1. The first-order valence-corrected chi connectivity index (χ1v) is 9.42. The number of rotatable bonds is 8. The average Bonchev–Trinajstić information content (AvgIpc) is 2.60. The van der Waals surface area contributed by atoms with Crippen LogP contribution in [-0.2, 0) is 14.8 Å². The third kappa shape index (κ3) is 4.39. The Kier molecular flexibility index (Phi) is 6.33. The topological polar surface area (TPSA) is 93.1 Å². The van der Waals surface area contributed by atoms with Gasteiger partial charge < -0.3 is 14.6 Å². The summed E-state index contributed by atoms with van der Waals surface area (Å²) in [4.78, 5) is 11.2. The van der Waals surface area contributed by atoms with Crippen LogP contribution in [-0.4, -0.2) is 39.8 Å². The Bertz CT molecular complexity index is 883. The third-order valence-electron chi connectivity index (χ3n) is 3.41. The van der Waals surface area contributed by atoms with Gasteiger partial charge in [-0.15, -0.1) is 0 Å². The molecule has 140 valence electrons. The fourth-order valence-corrected chi connectivity index (χ4v) is 3.87. The number of aliphatic carboxylic acids is 1. The van der Waals surface area contributed by atoms with Crippen LogP contribution in [0, 0.1) is 0 Å². The minimum atomic E-state index is -4.17. The number of carboxylic acids is 1. The number of hydrogen-bond acceptors (Lipinski definition) is 5. The smallest absolute Gasteiger partial charge is 0.324 e. The Labute approximate surface area is 156 Å². The lowest BCUT2D eigenvalue weighted by atomic mass is 10.3. The zero-order valence-corrected chi connectivity index (χ0v) is 15.7.